The van der Waals surface area contributed by atoms with E-state index in [2.05, 4.69) is 0 Å². The first-order chi connectivity index (χ1) is 10.2. The molecule has 0 aliphatic carbocycles. The largest absolute Gasteiger partial charge is 0.481 e. The molecule has 0 amide bonds. The van der Waals surface area contributed by atoms with Crippen molar-refractivity contribution in [2.75, 3.05) is 6.54 Å². The van der Waals surface area contributed by atoms with Crippen LogP contribution in [-0.4, -0.2) is 28.6 Å². The monoisotopic (exact) mass is 319 g/mol. The molecule has 3 nitrogen and oxygen atoms in total. The van der Waals surface area contributed by atoms with Gasteiger partial charge < -0.3 is 5.11 Å². The summed E-state index contributed by atoms with van der Waals surface area (Å²) in [4.78, 5) is 12.9. The fraction of sp³-hybridized carbons (Fsp3) is 0.533. The van der Waals surface area contributed by atoms with Gasteiger partial charge in [-0.15, -0.1) is 0 Å². The van der Waals surface area contributed by atoms with Crippen molar-refractivity contribution in [2.24, 2.45) is 5.92 Å². The van der Waals surface area contributed by atoms with Crippen molar-refractivity contribution in [1.29, 1.82) is 0 Å². The van der Waals surface area contributed by atoms with Crippen molar-refractivity contribution in [2.45, 2.75) is 38.5 Å². The Morgan fingerprint density at radius 3 is 2.64 bits per heavy atom. The molecule has 1 aromatic carbocycles. The molecule has 1 saturated heterocycles. The molecule has 7 heteroatoms. The molecule has 0 saturated carbocycles. The van der Waals surface area contributed by atoms with Crippen LogP contribution in [0.15, 0.2) is 18.2 Å². The fourth-order valence-electron chi connectivity index (χ4n) is 2.72. The van der Waals surface area contributed by atoms with Crippen LogP contribution in [0.3, 0.4) is 0 Å². The second-order valence-corrected chi connectivity index (χ2v) is 5.70. The molecular formula is C15H17F4NO2. The lowest BCUT2D eigenvalue weighted by Gasteiger charge is -2.36. The molecule has 1 fully saturated rings. The van der Waals surface area contributed by atoms with Gasteiger partial charge in [0, 0.05) is 19.1 Å². The number of likely N-dealkylation sites (tertiary alicyclic amines) is 1. The smallest absolute Gasteiger partial charge is 0.419 e. The number of piperidine rings is 1. The highest BCUT2D eigenvalue weighted by molar-refractivity contribution is 5.70. The van der Waals surface area contributed by atoms with Gasteiger partial charge in [-0.05, 0) is 37.5 Å². The Balaban J connectivity index is 2.17. The van der Waals surface area contributed by atoms with E-state index in [-0.39, 0.29) is 19.1 Å². The number of nitrogens with zero attached hydrogens (tertiary/aromatic N) is 1. The summed E-state index contributed by atoms with van der Waals surface area (Å²) in [7, 11) is 0. The minimum atomic E-state index is -4.74. The average Bonchev–Trinajstić information content (AvgIpc) is 2.41. The first-order valence-corrected chi connectivity index (χ1v) is 7.01. The zero-order valence-corrected chi connectivity index (χ0v) is 12.0. The van der Waals surface area contributed by atoms with Crippen molar-refractivity contribution in [3.8, 4) is 0 Å². The number of hydrogen-bond acceptors (Lipinski definition) is 2. The van der Waals surface area contributed by atoms with Gasteiger partial charge in [-0.3, -0.25) is 9.69 Å². The van der Waals surface area contributed by atoms with Crippen molar-refractivity contribution >= 4 is 5.97 Å². The molecular weight excluding hydrogens is 302 g/mol. The summed E-state index contributed by atoms with van der Waals surface area (Å²) < 4.78 is 51.4. The van der Waals surface area contributed by atoms with Crippen molar-refractivity contribution < 1.29 is 27.5 Å². The molecule has 0 radical (unpaired) electrons. The molecule has 2 rings (SSSR count). The van der Waals surface area contributed by atoms with E-state index in [0.717, 1.165) is 12.1 Å². The number of carboxylic acid groups (broad SMARTS) is 1. The van der Waals surface area contributed by atoms with E-state index in [1.54, 1.807) is 0 Å². The average molecular weight is 319 g/mol. The van der Waals surface area contributed by atoms with Crippen molar-refractivity contribution in [3.63, 3.8) is 0 Å². The SMILES string of the molecule is CC1CCC(C(=O)O)CN1Cc1ccc(F)c(C(F)(F)F)c1. The highest BCUT2D eigenvalue weighted by Crippen LogP contribution is 2.32. The number of aliphatic carboxylic acids is 1. The number of benzene rings is 1. The van der Waals surface area contributed by atoms with E-state index in [0.29, 0.717) is 18.4 Å². The van der Waals surface area contributed by atoms with Gasteiger partial charge in [0.05, 0.1) is 11.5 Å². The van der Waals surface area contributed by atoms with E-state index in [4.69, 9.17) is 5.11 Å². The minimum absolute atomic E-state index is 0.0787. The Labute approximate surface area is 125 Å². The van der Waals surface area contributed by atoms with Gasteiger partial charge in [-0.1, -0.05) is 6.07 Å². The molecule has 2 unspecified atom stereocenters. The summed E-state index contributed by atoms with van der Waals surface area (Å²) in [5.41, 5.74) is -0.962. The lowest BCUT2D eigenvalue weighted by Crippen LogP contribution is -2.43. The summed E-state index contributed by atoms with van der Waals surface area (Å²) in [6, 6.07) is 2.99. The Morgan fingerprint density at radius 1 is 1.36 bits per heavy atom. The number of alkyl halides is 3. The second-order valence-electron chi connectivity index (χ2n) is 5.70. The molecule has 0 aromatic heterocycles. The third-order valence-electron chi connectivity index (χ3n) is 4.08. The molecule has 1 aliphatic heterocycles. The summed E-state index contributed by atoms with van der Waals surface area (Å²) in [6.45, 7) is 2.37. The van der Waals surface area contributed by atoms with Crippen LogP contribution in [-0.2, 0) is 17.5 Å². The lowest BCUT2D eigenvalue weighted by atomic mass is 9.93. The number of halogens is 4. The van der Waals surface area contributed by atoms with Crippen LogP contribution in [0, 0.1) is 11.7 Å². The number of carbonyl (C=O) groups is 1. The van der Waals surface area contributed by atoms with Gasteiger partial charge >= 0.3 is 12.1 Å². The first kappa shape index (κ1) is 16.7. The van der Waals surface area contributed by atoms with Crippen LogP contribution in [0.5, 0.6) is 0 Å². The van der Waals surface area contributed by atoms with Crippen LogP contribution in [0.4, 0.5) is 17.6 Å². The van der Waals surface area contributed by atoms with Crippen molar-refractivity contribution in [1.82, 2.24) is 4.90 Å². The van der Waals surface area contributed by atoms with Gasteiger partial charge in [0.2, 0.25) is 0 Å². The molecule has 122 valence electrons. The normalized spacial score (nSPS) is 23.5. The molecule has 1 N–H and O–H groups in total. The van der Waals surface area contributed by atoms with Crippen LogP contribution in [0.25, 0.3) is 0 Å². The van der Waals surface area contributed by atoms with E-state index in [9.17, 15) is 22.4 Å². The third-order valence-corrected chi connectivity index (χ3v) is 4.08. The lowest BCUT2D eigenvalue weighted by molar-refractivity contribution is -0.144. The number of hydrogen-bond donors (Lipinski definition) is 1. The molecule has 0 bridgehead atoms. The Morgan fingerprint density at radius 2 is 2.05 bits per heavy atom. The predicted octanol–water partition coefficient (Wildman–Crippen LogP) is 3.53. The fourth-order valence-corrected chi connectivity index (χ4v) is 2.72. The topological polar surface area (TPSA) is 40.5 Å². The third kappa shape index (κ3) is 3.76. The molecule has 2 atom stereocenters. The van der Waals surface area contributed by atoms with Crippen molar-refractivity contribution in [3.05, 3.63) is 35.1 Å². The quantitative estimate of drug-likeness (QED) is 0.867. The first-order valence-electron chi connectivity index (χ1n) is 7.01. The highest BCUT2D eigenvalue weighted by Gasteiger charge is 2.35. The number of rotatable bonds is 3. The molecule has 1 heterocycles. The Kier molecular flexibility index (Phi) is 4.75. The highest BCUT2D eigenvalue weighted by atomic mass is 19.4. The van der Waals surface area contributed by atoms with E-state index >= 15 is 0 Å². The van der Waals surface area contributed by atoms with Gasteiger partial charge in [0.1, 0.15) is 5.82 Å². The van der Waals surface area contributed by atoms with E-state index in [1.165, 1.54) is 6.07 Å². The van der Waals surface area contributed by atoms with Crippen LogP contribution >= 0.6 is 0 Å². The van der Waals surface area contributed by atoms with E-state index < -0.39 is 29.4 Å². The van der Waals surface area contributed by atoms with Gasteiger partial charge in [-0.25, -0.2) is 4.39 Å². The maximum absolute atomic E-state index is 13.3. The van der Waals surface area contributed by atoms with Crippen LogP contribution < -0.4 is 0 Å². The Hall–Kier alpha value is -1.63. The second kappa shape index (κ2) is 6.24. The number of carboxylic acids is 1. The van der Waals surface area contributed by atoms with Crippen LogP contribution in [0.1, 0.15) is 30.9 Å². The minimum Gasteiger partial charge on any atom is -0.481 e. The molecule has 1 aliphatic rings. The zero-order chi connectivity index (χ0) is 16.5. The molecule has 1 aromatic rings. The summed E-state index contributed by atoms with van der Waals surface area (Å²) in [6.07, 6.45) is -3.51. The van der Waals surface area contributed by atoms with Gasteiger partial charge in [0.25, 0.3) is 0 Å². The van der Waals surface area contributed by atoms with E-state index in [1.807, 2.05) is 11.8 Å². The maximum Gasteiger partial charge on any atom is 0.419 e. The summed E-state index contributed by atoms with van der Waals surface area (Å²) in [5, 5.41) is 9.07. The van der Waals surface area contributed by atoms with Gasteiger partial charge in [-0.2, -0.15) is 13.2 Å². The standard InChI is InChI=1S/C15H17F4NO2/c1-9-2-4-11(14(21)22)8-20(9)7-10-3-5-13(16)12(6-10)15(17,18)19/h3,5-6,9,11H,2,4,7-8H2,1H3,(H,21,22). The predicted molar refractivity (Wildman–Crippen MR) is 71.6 cm³/mol. The van der Waals surface area contributed by atoms with Gasteiger partial charge in [0.15, 0.2) is 0 Å². The van der Waals surface area contributed by atoms with Crippen LogP contribution in [0.2, 0.25) is 0 Å². The maximum atomic E-state index is 13.3. The zero-order valence-electron chi connectivity index (χ0n) is 12.0. The molecule has 0 spiro atoms. The Bertz CT molecular complexity index is 559. The summed E-state index contributed by atoms with van der Waals surface area (Å²) >= 11 is 0. The molecule has 22 heavy (non-hydrogen) atoms. The summed E-state index contributed by atoms with van der Waals surface area (Å²) in [5.74, 6) is -2.71.